The summed E-state index contributed by atoms with van der Waals surface area (Å²) in [5.41, 5.74) is -0.308. The Kier molecular flexibility index (Phi) is 4.18. The molecule has 20 heavy (non-hydrogen) atoms. The monoisotopic (exact) mass is 283 g/mol. The van der Waals surface area contributed by atoms with Crippen molar-refractivity contribution < 1.29 is 14.0 Å². The topological polar surface area (TPSA) is 69.4 Å². The SMILES string of the molecule is CO[C@H](C)c1noc(CN[C@@H]2CC(C)(C)OC2(C)C)n1. The lowest BCUT2D eigenvalue weighted by Gasteiger charge is -2.27. The van der Waals surface area contributed by atoms with E-state index in [1.165, 1.54) is 0 Å². The van der Waals surface area contributed by atoms with E-state index in [-0.39, 0.29) is 23.3 Å². The van der Waals surface area contributed by atoms with Gasteiger partial charge in [0.05, 0.1) is 17.7 Å². The third-order valence-electron chi connectivity index (χ3n) is 3.77. The van der Waals surface area contributed by atoms with E-state index in [1.54, 1.807) is 7.11 Å². The summed E-state index contributed by atoms with van der Waals surface area (Å²) in [4.78, 5) is 4.32. The zero-order valence-electron chi connectivity index (χ0n) is 13.2. The van der Waals surface area contributed by atoms with Gasteiger partial charge in [-0.2, -0.15) is 4.98 Å². The Hall–Kier alpha value is -0.980. The van der Waals surface area contributed by atoms with E-state index in [9.17, 15) is 0 Å². The number of rotatable bonds is 5. The molecule has 1 aromatic rings. The van der Waals surface area contributed by atoms with Crippen molar-refractivity contribution in [3.05, 3.63) is 11.7 Å². The minimum absolute atomic E-state index is 0.105. The standard InChI is InChI=1S/C14H25N3O3/c1-9(18-6)12-16-11(19-17-12)8-15-10-7-13(2,3)20-14(10,4)5/h9-10,15H,7-8H2,1-6H3/t9-,10-/m1/s1. The molecule has 1 aliphatic heterocycles. The molecule has 0 unspecified atom stereocenters. The van der Waals surface area contributed by atoms with Crippen molar-refractivity contribution in [2.45, 2.75) is 70.9 Å². The lowest BCUT2D eigenvalue weighted by molar-refractivity contribution is -0.0700. The molecule has 1 N–H and O–H groups in total. The van der Waals surface area contributed by atoms with Crippen LogP contribution in [0.2, 0.25) is 0 Å². The molecule has 6 nitrogen and oxygen atoms in total. The molecule has 0 aromatic carbocycles. The molecule has 114 valence electrons. The molecule has 1 saturated heterocycles. The van der Waals surface area contributed by atoms with Gasteiger partial charge in [0.2, 0.25) is 5.89 Å². The Labute approximate surface area is 120 Å². The van der Waals surface area contributed by atoms with Crippen molar-refractivity contribution in [3.8, 4) is 0 Å². The predicted octanol–water partition coefficient (Wildman–Crippen LogP) is 2.21. The largest absolute Gasteiger partial charge is 0.374 e. The fourth-order valence-electron chi connectivity index (χ4n) is 2.70. The number of ether oxygens (including phenoxy) is 2. The molecule has 2 heterocycles. The zero-order valence-corrected chi connectivity index (χ0v) is 13.2. The maximum atomic E-state index is 6.05. The van der Waals surface area contributed by atoms with Crippen molar-refractivity contribution in [1.82, 2.24) is 15.5 Å². The average molecular weight is 283 g/mol. The molecule has 1 aromatic heterocycles. The van der Waals surface area contributed by atoms with Crippen LogP contribution >= 0.6 is 0 Å². The van der Waals surface area contributed by atoms with Crippen LogP contribution in [0.4, 0.5) is 0 Å². The van der Waals surface area contributed by atoms with Gasteiger partial charge in [-0.1, -0.05) is 5.16 Å². The van der Waals surface area contributed by atoms with Crippen molar-refractivity contribution >= 4 is 0 Å². The summed E-state index contributed by atoms with van der Waals surface area (Å²) in [7, 11) is 1.62. The van der Waals surface area contributed by atoms with Crippen molar-refractivity contribution in [2.24, 2.45) is 0 Å². The lowest BCUT2D eigenvalue weighted by Crippen LogP contribution is -2.43. The summed E-state index contributed by atoms with van der Waals surface area (Å²) in [6.07, 6.45) is 0.799. The second-order valence-electron chi connectivity index (χ2n) is 6.53. The number of hydrogen-bond acceptors (Lipinski definition) is 6. The smallest absolute Gasteiger partial charge is 0.240 e. The first-order valence-corrected chi connectivity index (χ1v) is 7.02. The summed E-state index contributed by atoms with van der Waals surface area (Å²) in [6.45, 7) is 10.9. The molecular formula is C14H25N3O3. The second kappa shape index (κ2) is 5.42. The van der Waals surface area contributed by atoms with E-state index in [1.807, 2.05) is 6.92 Å². The average Bonchev–Trinajstić information content (AvgIpc) is 2.87. The molecule has 1 fully saturated rings. The maximum Gasteiger partial charge on any atom is 0.240 e. The van der Waals surface area contributed by atoms with E-state index < -0.39 is 0 Å². The number of methoxy groups -OCH3 is 1. The molecule has 0 amide bonds. The second-order valence-corrected chi connectivity index (χ2v) is 6.53. The van der Waals surface area contributed by atoms with Gasteiger partial charge in [-0.05, 0) is 41.0 Å². The van der Waals surface area contributed by atoms with Gasteiger partial charge in [-0.15, -0.1) is 0 Å². The van der Waals surface area contributed by atoms with Crippen molar-refractivity contribution in [3.63, 3.8) is 0 Å². The predicted molar refractivity (Wildman–Crippen MR) is 74.2 cm³/mol. The molecule has 1 aliphatic rings. The molecule has 6 heteroatoms. The highest BCUT2D eigenvalue weighted by Crippen LogP contribution is 2.37. The van der Waals surface area contributed by atoms with Gasteiger partial charge in [-0.25, -0.2) is 0 Å². The fourth-order valence-corrected chi connectivity index (χ4v) is 2.70. The van der Waals surface area contributed by atoms with Gasteiger partial charge >= 0.3 is 0 Å². The lowest BCUT2D eigenvalue weighted by atomic mass is 9.94. The minimum atomic E-state index is -0.202. The molecule has 0 radical (unpaired) electrons. The summed E-state index contributed by atoms with van der Waals surface area (Å²) in [5.74, 6) is 1.15. The van der Waals surface area contributed by atoms with Crippen LogP contribution < -0.4 is 5.32 Å². The summed E-state index contributed by atoms with van der Waals surface area (Å²) >= 11 is 0. The zero-order chi connectivity index (χ0) is 15.0. The third kappa shape index (κ3) is 3.37. The number of aromatic nitrogens is 2. The van der Waals surface area contributed by atoms with Crippen molar-refractivity contribution in [1.29, 1.82) is 0 Å². The normalized spacial score (nSPS) is 25.8. The maximum absolute atomic E-state index is 6.05. The molecule has 0 spiro atoms. The van der Waals surface area contributed by atoms with Gasteiger partial charge < -0.3 is 19.3 Å². The summed E-state index contributed by atoms with van der Waals surface area (Å²) in [5, 5.41) is 7.37. The van der Waals surface area contributed by atoms with E-state index in [0.717, 1.165) is 6.42 Å². The van der Waals surface area contributed by atoms with Crippen LogP contribution in [-0.4, -0.2) is 34.5 Å². The Morgan fingerprint density at radius 1 is 1.40 bits per heavy atom. The van der Waals surface area contributed by atoms with Crippen LogP contribution in [0.1, 0.15) is 58.9 Å². The summed E-state index contributed by atoms with van der Waals surface area (Å²) < 4.78 is 16.4. The van der Waals surface area contributed by atoms with E-state index in [4.69, 9.17) is 14.0 Å². The Morgan fingerprint density at radius 2 is 2.10 bits per heavy atom. The Balaban J connectivity index is 1.94. The highest BCUT2D eigenvalue weighted by Gasteiger charge is 2.45. The van der Waals surface area contributed by atoms with Crippen LogP contribution in [0.5, 0.6) is 0 Å². The molecule has 0 aliphatic carbocycles. The van der Waals surface area contributed by atoms with Gasteiger partial charge in [0.25, 0.3) is 0 Å². The van der Waals surface area contributed by atoms with E-state index >= 15 is 0 Å². The minimum Gasteiger partial charge on any atom is -0.374 e. The first kappa shape index (κ1) is 15.4. The number of nitrogens with one attached hydrogen (secondary N) is 1. The van der Waals surface area contributed by atoms with Gasteiger partial charge in [0.1, 0.15) is 6.10 Å². The molecular weight excluding hydrogens is 258 g/mol. The quantitative estimate of drug-likeness (QED) is 0.893. The number of hydrogen-bond donors (Lipinski definition) is 1. The fraction of sp³-hybridized carbons (Fsp3) is 0.857. The van der Waals surface area contributed by atoms with Gasteiger partial charge in [-0.3, -0.25) is 0 Å². The molecule has 0 bridgehead atoms. The van der Waals surface area contributed by atoms with Crippen LogP contribution in [0.15, 0.2) is 4.52 Å². The first-order chi connectivity index (χ1) is 9.23. The molecule has 2 rings (SSSR count). The van der Waals surface area contributed by atoms with E-state index in [2.05, 4.69) is 43.2 Å². The van der Waals surface area contributed by atoms with Crippen molar-refractivity contribution in [2.75, 3.05) is 7.11 Å². The Morgan fingerprint density at radius 3 is 2.65 bits per heavy atom. The van der Waals surface area contributed by atoms with Crippen LogP contribution in [0.25, 0.3) is 0 Å². The molecule has 2 atom stereocenters. The van der Waals surface area contributed by atoms with Gasteiger partial charge in [0.15, 0.2) is 5.82 Å². The third-order valence-corrected chi connectivity index (χ3v) is 3.77. The van der Waals surface area contributed by atoms with E-state index in [0.29, 0.717) is 18.3 Å². The highest BCUT2D eigenvalue weighted by atomic mass is 16.5. The highest BCUT2D eigenvalue weighted by molar-refractivity contribution is 4.99. The van der Waals surface area contributed by atoms with Crippen LogP contribution in [0, 0.1) is 0 Å². The van der Waals surface area contributed by atoms with Crippen LogP contribution in [0.3, 0.4) is 0 Å². The van der Waals surface area contributed by atoms with Crippen LogP contribution in [-0.2, 0) is 16.0 Å². The van der Waals surface area contributed by atoms with Gasteiger partial charge in [0, 0.05) is 13.2 Å². The first-order valence-electron chi connectivity index (χ1n) is 7.02. The Bertz CT molecular complexity index is 456. The number of nitrogens with zero attached hydrogens (tertiary/aromatic N) is 2. The molecule has 0 saturated carbocycles. The summed E-state index contributed by atoms with van der Waals surface area (Å²) in [6, 6.07) is 0.257.